The Morgan fingerprint density at radius 3 is 2.84 bits per heavy atom. The van der Waals surface area contributed by atoms with Crippen LogP contribution in [0.25, 0.3) is 0 Å². The topological polar surface area (TPSA) is 45.5 Å². The van der Waals surface area contributed by atoms with Gasteiger partial charge in [0.1, 0.15) is 5.76 Å². The van der Waals surface area contributed by atoms with E-state index in [2.05, 4.69) is 5.32 Å². The highest BCUT2D eigenvalue weighted by Crippen LogP contribution is 2.17. The number of furan rings is 1. The van der Waals surface area contributed by atoms with Gasteiger partial charge in [-0.3, -0.25) is 9.69 Å². The van der Waals surface area contributed by atoms with Crippen molar-refractivity contribution in [2.45, 2.75) is 12.5 Å². The summed E-state index contributed by atoms with van der Waals surface area (Å²) in [5, 5.41) is 4.94. The van der Waals surface area contributed by atoms with E-state index in [1.165, 1.54) is 0 Å². The van der Waals surface area contributed by atoms with Crippen molar-refractivity contribution in [3.63, 3.8) is 0 Å². The van der Waals surface area contributed by atoms with Gasteiger partial charge in [0.15, 0.2) is 0 Å². The molecule has 0 aliphatic carbocycles. The summed E-state index contributed by atoms with van der Waals surface area (Å²) >= 11 is 1.60. The summed E-state index contributed by atoms with van der Waals surface area (Å²) in [5.41, 5.74) is 0. The lowest BCUT2D eigenvalue weighted by Gasteiger charge is -2.22. The first-order chi connectivity index (χ1) is 9.16. The number of hydrogen-bond acceptors (Lipinski definition) is 4. The van der Waals surface area contributed by atoms with Crippen molar-refractivity contribution < 1.29 is 9.21 Å². The average molecular weight is 278 g/mol. The second-order valence-electron chi connectivity index (χ2n) is 4.56. The van der Waals surface area contributed by atoms with Crippen LogP contribution in [-0.2, 0) is 11.2 Å². The number of carbonyl (C=O) groups is 1. The van der Waals surface area contributed by atoms with E-state index in [-0.39, 0.29) is 11.9 Å². The third-order valence-electron chi connectivity index (χ3n) is 2.90. The summed E-state index contributed by atoms with van der Waals surface area (Å²) in [6.45, 7) is 0.546. The van der Waals surface area contributed by atoms with E-state index in [0.29, 0.717) is 13.0 Å². The molecule has 2 heterocycles. The number of nitrogens with zero attached hydrogens (tertiary/aromatic N) is 1. The van der Waals surface area contributed by atoms with Gasteiger partial charge in [0.05, 0.1) is 18.7 Å². The fraction of sp³-hybridized carbons (Fsp3) is 0.357. The Balaban J connectivity index is 1.87. The molecule has 2 aromatic heterocycles. The Hall–Kier alpha value is -1.59. The van der Waals surface area contributed by atoms with Crippen LogP contribution in [0.4, 0.5) is 0 Å². The van der Waals surface area contributed by atoms with Crippen LogP contribution in [0.3, 0.4) is 0 Å². The van der Waals surface area contributed by atoms with E-state index < -0.39 is 0 Å². The minimum absolute atomic E-state index is 0.0425. The van der Waals surface area contributed by atoms with E-state index in [4.69, 9.17) is 4.42 Å². The minimum Gasteiger partial charge on any atom is -0.468 e. The maximum Gasteiger partial charge on any atom is 0.225 e. The first-order valence-corrected chi connectivity index (χ1v) is 7.03. The molecule has 2 aromatic rings. The fourth-order valence-electron chi connectivity index (χ4n) is 1.86. The van der Waals surface area contributed by atoms with E-state index in [0.717, 1.165) is 10.6 Å². The van der Waals surface area contributed by atoms with Gasteiger partial charge in [0, 0.05) is 11.4 Å². The maximum atomic E-state index is 11.9. The standard InChI is InChI=1S/C14H18N2O2S/c1-16(2)12(13-6-3-7-18-13)10-15-14(17)9-11-5-4-8-19-11/h3-8,12H,9-10H2,1-2H3,(H,15,17)/t12-/m1/s1. The second kappa shape index (κ2) is 6.54. The summed E-state index contributed by atoms with van der Waals surface area (Å²) in [6, 6.07) is 7.77. The molecule has 1 N–H and O–H groups in total. The molecule has 0 aliphatic rings. The van der Waals surface area contributed by atoms with Crippen molar-refractivity contribution in [1.82, 2.24) is 10.2 Å². The fourth-order valence-corrected chi connectivity index (χ4v) is 2.57. The quantitative estimate of drug-likeness (QED) is 0.882. The van der Waals surface area contributed by atoms with Crippen LogP contribution >= 0.6 is 11.3 Å². The first kappa shape index (κ1) is 13.8. The molecule has 5 heteroatoms. The molecule has 0 aromatic carbocycles. The summed E-state index contributed by atoms with van der Waals surface area (Å²) in [5.74, 6) is 0.905. The molecule has 102 valence electrons. The molecular weight excluding hydrogens is 260 g/mol. The van der Waals surface area contributed by atoms with Crippen molar-refractivity contribution >= 4 is 17.2 Å². The van der Waals surface area contributed by atoms with E-state index in [9.17, 15) is 4.79 Å². The lowest BCUT2D eigenvalue weighted by Crippen LogP contribution is -2.35. The third-order valence-corrected chi connectivity index (χ3v) is 3.78. The van der Waals surface area contributed by atoms with Crippen LogP contribution in [0.15, 0.2) is 40.3 Å². The number of rotatable bonds is 6. The van der Waals surface area contributed by atoms with E-state index >= 15 is 0 Å². The van der Waals surface area contributed by atoms with Crippen molar-refractivity contribution in [2.24, 2.45) is 0 Å². The van der Waals surface area contributed by atoms with E-state index in [1.54, 1.807) is 17.6 Å². The van der Waals surface area contributed by atoms with Crippen LogP contribution in [0, 0.1) is 0 Å². The van der Waals surface area contributed by atoms with Gasteiger partial charge < -0.3 is 9.73 Å². The van der Waals surface area contributed by atoms with Gasteiger partial charge in [-0.2, -0.15) is 0 Å². The molecule has 0 radical (unpaired) electrons. The Morgan fingerprint density at radius 2 is 2.26 bits per heavy atom. The number of thiophene rings is 1. The minimum atomic E-state index is 0.0425. The Labute approximate surface area is 117 Å². The van der Waals surface area contributed by atoms with Gasteiger partial charge in [-0.05, 0) is 37.7 Å². The number of nitrogens with one attached hydrogen (secondary N) is 1. The predicted molar refractivity (Wildman–Crippen MR) is 76.2 cm³/mol. The third kappa shape index (κ3) is 3.94. The molecule has 1 amide bonds. The average Bonchev–Trinajstić information content (AvgIpc) is 3.01. The van der Waals surface area contributed by atoms with Gasteiger partial charge in [-0.1, -0.05) is 6.07 Å². The highest BCUT2D eigenvalue weighted by atomic mass is 32.1. The molecule has 0 bridgehead atoms. The normalized spacial score (nSPS) is 12.6. The van der Waals surface area contributed by atoms with Crippen LogP contribution in [0.1, 0.15) is 16.7 Å². The molecule has 0 fully saturated rings. The summed E-state index contributed by atoms with van der Waals surface area (Å²) in [6.07, 6.45) is 2.09. The molecule has 0 unspecified atom stereocenters. The lowest BCUT2D eigenvalue weighted by molar-refractivity contribution is -0.120. The molecular formula is C14H18N2O2S. The number of carbonyl (C=O) groups excluding carboxylic acids is 1. The summed E-state index contributed by atoms with van der Waals surface area (Å²) < 4.78 is 5.40. The molecule has 4 nitrogen and oxygen atoms in total. The van der Waals surface area contributed by atoms with Crippen molar-refractivity contribution in [3.05, 3.63) is 46.5 Å². The van der Waals surface area contributed by atoms with Crippen molar-refractivity contribution in [2.75, 3.05) is 20.6 Å². The Bertz CT molecular complexity index is 492. The van der Waals surface area contributed by atoms with Gasteiger partial charge >= 0.3 is 0 Å². The van der Waals surface area contributed by atoms with Gasteiger partial charge in [-0.25, -0.2) is 0 Å². The van der Waals surface area contributed by atoms with Crippen molar-refractivity contribution in [3.8, 4) is 0 Å². The molecule has 0 spiro atoms. The molecule has 0 aliphatic heterocycles. The SMILES string of the molecule is CN(C)[C@H](CNC(=O)Cc1cccs1)c1ccco1. The summed E-state index contributed by atoms with van der Waals surface area (Å²) in [4.78, 5) is 15.0. The van der Waals surface area contributed by atoms with Crippen LogP contribution < -0.4 is 5.32 Å². The van der Waals surface area contributed by atoms with Gasteiger partial charge in [-0.15, -0.1) is 11.3 Å². The largest absolute Gasteiger partial charge is 0.468 e. The highest BCUT2D eigenvalue weighted by Gasteiger charge is 2.17. The predicted octanol–water partition coefficient (Wildman–Crippen LogP) is 2.30. The molecule has 2 rings (SSSR count). The number of hydrogen-bond donors (Lipinski definition) is 1. The van der Waals surface area contributed by atoms with E-state index in [1.807, 2.05) is 48.6 Å². The first-order valence-electron chi connectivity index (χ1n) is 6.15. The Kier molecular flexibility index (Phi) is 4.76. The molecule has 19 heavy (non-hydrogen) atoms. The zero-order valence-corrected chi connectivity index (χ0v) is 11.9. The number of likely N-dealkylation sites (N-methyl/N-ethyl adjacent to an activating group) is 1. The molecule has 1 atom stereocenters. The van der Waals surface area contributed by atoms with Crippen LogP contribution in [0.5, 0.6) is 0 Å². The summed E-state index contributed by atoms with van der Waals surface area (Å²) in [7, 11) is 3.94. The lowest BCUT2D eigenvalue weighted by atomic mass is 10.2. The number of amides is 1. The van der Waals surface area contributed by atoms with Gasteiger partial charge in [0.25, 0.3) is 0 Å². The van der Waals surface area contributed by atoms with Gasteiger partial charge in [0.2, 0.25) is 5.91 Å². The van der Waals surface area contributed by atoms with Crippen molar-refractivity contribution in [1.29, 1.82) is 0 Å². The zero-order chi connectivity index (χ0) is 13.7. The molecule has 0 saturated carbocycles. The Morgan fingerprint density at radius 1 is 1.42 bits per heavy atom. The maximum absolute atomic E-state index is 11.9. The smallest absolute Gasteiger partial charge is 0.225 e. The van der Waals surface area contributed by atoms with Crippen LogP contribution in [0.2, 0.25) is 0 Å². The zero-order valence-electron chi connectivity index (χ0n) is 11.1. The monoisotopic (exact) mass is 278 g/mol. The molecule has 0 saturated heterocycles. The highest BCUT2D eigenvalue weighted by molar-refractivity contribution is 7.10. The second-order valence-corrected chi connectivity index (χ2v) is 5.59. The van der Waals surface area contributed by atoms with Crippen LogP contribution in [-0.4, -0.2) is 31.4 Å².